The minimum atomic E-state index is -0.527. The van der Waals surface area contributed by atoms with E-state index in [1.54, 1.807) is 6.92 Å². The molecule has 0 amide bonds. The highest BCUT2D eigenvalue weighted by Gasteiger charge is 2.33. The highest BCUT2D eigenvalue weighted by atomic mass is 16.5. The third kappa shape index (κ3) is 1.14. The monoisotopic (exact) mass is 144 g/mol. The van der Waals surface area contributed by atoms with Gasteiger partial charge in [0.25, 0.3) is 0 Å². The van der Waals surface area contributed by atoms with Crippen LogP contribution in [-0.4, -0.2) is 23.8 Å². The smallest absolute Gasteiger partial charge is 0.311 e. The highest BCUT2D eigenvalue weighted by Crippen LogP contribution is 2.20. The number of esters is 1. The van der Waals surface area contributed by atoms with E-state index < -0.39 is 6.10 Å². The van der Waals surface area contributed by atoms with Crippen LogP contribution in [0.25, 0.3) is 0 Å². The van der Waals surface area contributed by atoms with E-state index in [-0.39, 0.29) is 17.8 Å². The molecule has 0 aromatic rings. The maximum absolute atomic E-state index is 10.8. The van der Waals surface area contributed by atoms with Crippen molar-refractivity contribution in [2.24, 2.45) is 11.8 Å². The van der Waals surface area contributed by atoms with Gasteiger partial charge in [-0.3, -0.25) is 4.79 Å². The Balaban J connectivity index is 2.60. The summed E-state index contributed by atoms with van der Waals surface area (Å²) in [6.07, 6.45) is -0.527. The van der Waals surface area contributed by atoms with Crippen molar-refractivity contribution in [3.8, 4) is 0 Å². The van der Waals surface area contributed by atoms with Crippen LogP contribution in [0.15, 0.2) is 0 Å². The van der Waals surface area contributed by atoms with Crippen molar-refractivity contribution in [3.63, 3.8) is 0 Å². The molecule has 3 heteroatoms. The molecule has 10 heavy (non-hydrogen) atoms. The predicted molar refractivity (Wildman–Crippen MR) is 35.3 cm³/mol. The Morgan fingerprint density at radius 1 is 1.60 bits per heavy atom. The quantitative estimate of drug-likeness (QED) is 0.493. The molecule has 1 saturated heterocycles. The fourth-order valence-corrected chi connectivity index (χ4v) is 1.08. The van der Waals surface area contributed by atoms with Crippen LogP contribution < -0.4 is 0 Å². The fourth-order valence-electron chi connectivity index (χ4n) is 1.08. The van der Waals surface area contributed by atoms with Crippen LogP contribution in [0.5, 0.6) is 0 Å². The molecular weight excluding hydrogens is 132 g/mol. The summed E-state index contributed by atoms with van der Waals surface area (Å²) in [5.41, 5.74) is 0. The molecule has 0 aliphatic carbocycles. The van der Waals surface area contributed by atoms with Crippen LogP contribution in [0.4, 0.5) is 0 Å². The van der Waals surface area contributed by atoms with E-state index in [0.717, 1.165) is 0 Å². The summed E-state index contributed by atoms with van der Waals surface area (Å²) >= 11 is 0. The lowest BCUT2D eigenvalue weighted by atomic mass is 9.92. The third-order valence-electron chi connectivity index (χ3n) is 1.96. The topological polar surface area (TPSA) is 46.5 Å². The van der Waals surface area contributed by atoms with E-state index in [9.17, 15) is 9.90 Å². The van der Waals surface area contributed by atoms with E-state index in [4.69, 9.17) is 4.74 Å². The average molecular weight is 144 g/mol. The second-order valence-corrected chi connectivity index (χ2v) is 2.89. The zero-order chi connectivity index (χ0) is 7.72. The van der Waals surface area contributed by atoms with E-state index in [1.165, 1.54) is 0 Å². The Morgan fingerprint density at radius 3 is 2.70 bits per heavy atom. The van der Waals surface area contributed by atoms with E-state index in [1.807, 2.05) is 6.92 Å². The average Bonchev–Trinajstić information content (AvgIpc) is 1.93. The van der Waals surface area contributed by atoms with Crippen molar-refractivity contribution in [1.82, 2.24) is 0 Å². The van der Waals surface area contributed by atoms with Crippen LogP contribution in [0.1, 0.15) is 13.8 Å². The lowest BCUT2D eigenvalue weighted by Gasteiger charge is -2.28. The minimum Gasteiger partial charge on any atom is -0.465 e. The molecule has 1 heterocycles. The van der Waals surface area contributed by atoms with Gasteiger partial charge in [-0.15, -0.1) is 0 Å². The number of aliphatic hydroxyl groups excluding tert-OH is 1. The number of hydrogen-bond acceptors (Lipinski definition) is 3. The Morgan fingerprint density at radius 2 is 2.20 bits per heavy atom. The Labute approximate surface area is 60.0 Å². The normalized spacial score (nSPS) is 41.1. The SMILES string of the molecule is C[C@H]1COC(=O)[C@H](C)[C@H]1O. The fraction of sp³-hybridized carbons (Fsp3) is 0.857. The van der Waals surface area contributed by atoms with Gasteiger partial charge in [-0.25, -0.2) is 0 Å². The molecular formula is C7H12O3. The standard InChI is InChI=1S/C7H12O3/c1-4-3-10-7(9)5(2)6(4)8/h4-6,8H,3H2,1-2H3/t4-,5+,6-/m0/s1. The zero-order valence-electron chi connectivity index (χ0n) is 6.20. The predicted octanol–water partition coefficient (Wildman–Crippen LogP) is 0.176. The van der Waals surface area contributed by atoms with Crippen LogP contribution in [0.3, 0.4) is 0 Å². The van der Waals surface area contributed by atoms with Gasteiger partial charge in [-0.2, -0.15) is 0 Å². The summed E-state index contributed by atoms with van der Waals surface area (Å²) in [6, 6.07) is 0. The van der Waals surface area contributed by atoms with Crippen molar-refractivity contribution >= 4 is 5.97 Å². The first kappa shape index (κ1) is 7.54. The number of ether oxygens (including phenoxy) is 1. The van der Waals surface area contributed by atoms with Crippen molar-refractivity contribution < 1.29 is 14.6 Å². The summed E-state index contributed by atoms with van der Waals surface area (Å²) in [5.74, 6) is -0.568. The number of carbonyl (C=O) groups excluding carboxylic acids is 1. The van der Waals surface area contributed by atoms with Gasteiger partial charge in [0, 0.05) is 5.92 Å². The molecule has 1 N–H and O–H groups in total. The molecule has 0 radical (unpaired) electrons. The highest BCUT2D eigenvalue weighted by molar-refractivity contribution is 5.73. The van der Waals surface area contributed by atoms with E-state index in [2.05, 4.69) is 0 Å². The molecule has 0 aromatic heterocycles. The number of cyclic esters (lactones) is 1. The largest absolute Gasteiger partial charge is 0.465 e. The Kier molecular flexibility index (Phi) is 1.94. The zero-order valence-corrected chi connectivity index (χ0v) is 6.20. The molecule has 3 nitrogen and oxygen atoms in total. The Bertz CT molecular complexity index is 144. The summed E-state index contributed by atoms with van der Waals surface area (Å²) in [4.78, 5) is 10.8. The number of carbonyl (C=O) groups is 1. The third-order valence-corrected chi connectivity index (χ3v) is 1.96. The molecule has 0 unspecified atom stereocenters. The molecule has 1 aliphatic heterocycles. The first-order valence-electron chi connectivity index (χ1n) is 3.47. The van der Waals surface area contributed by atoms with Gasteiger partial charge in [0.1, 0.15) is 0 Å². The second kappa shape index (κ2) is 2.58. The minimum absolute atomic E-state index is 0.0766. The molecule has 1 rings (SSSR count). The second-order valence-electron chi connectivity index (χ2n) is 2.89. The number of rotatable bonds is 0. The summed E-state index contributed by atoms with van der Waals surface area (Å²) in [6.45, 7) is 3.90. The van der Waals surface area contributed by atoms with Crippen LogP contribution in [-0.2, 0) is 9.53 Å². The molecule has 0 saturated carbocycles. The van der Waals surface area contributed by atoms with Gasteiger partial charge in [-0.1, -0.05) is 6.92 Å². The first-order valence-corrected chi connectivity index (χ1v) is 3.47. The van der Waals surface area contributed by atoms with Gasteiger partial charge < -0.3 is 9.84 Å². The van der Waals surface area contributed by atoms with E-state index >= 15 is 0 Å². The van der Waals surface area contributed by atoms with Gasteiger partial charge >= 0.3 is 5.97 Å². The number of aliphatic hydroxyl groups is 1. The summed E-state index contributed by atoms with van der Waals surface area (Å²) in [5, 5.41) is 9.32. The van der Waals surface area contributed by atoms with Gasteiger partial charge in [0.15, 0.2) is 0 Å². The van der Waals surface area contributed by atoms with Gasteiger partial charge in [-0.05, 0) is 6.92 Å². The summed E-state index contributed by atoms with van der Waals surface area (Å²) in [7, 11) is 0. The molecule has 1 fully saturated rings. The molecule has 0 aromatic carbocycles. The van der Waals surface area contributed by atoms with Crippen LogP contribution in [0.2, 0.25) is 0 Å². The van der Waals surface area contributed by atoms with Gasteiger partial charge in [0.2, 0.25) is 0 Å². The van der Waals surface area contributed by atoms with Crippen molar-refractivity contribution in [2.75, 3.05) is 6.61 Å². The molecule has 58 valence electrons. The molecule has 0 spiro atoms. The van der Waals surface area contributed by atoms with Crippen LogP contribution in [0, 0.1) is 11.8 Å². The molecule has 0 bridgehead atoms. The van der Waals surface area contributed by atoms with E-state index in [0.29, 0.717) is 6.61 Å². The van der Waals surface area contributed by atoms with Gasteiger partial charge in [0.05, 0.1) is 18.6 Å². The first-order chi connectivity index (χ1) is 4.63. The van der Waals surface area contributed by atoms with Crippen LogP contribution >= 0.6 is 0 Å². The van der Waals surface area contributed by atoms with Crippen molar-refractivity contribution in [1.29, 1.82) is 0 Å². The maximum Gasteiger partial charge on any atom is 0.311 e. The molecule has 3 atom stereocenters. The maximum atomic E-state index is 10.8. The lowest BCUT2D eigenvalue weighted by Crippen LogP contribution is -2.40. The Hall–Kier alpha value is -0.570. The van der Waals surface area contributed by atoms with Crippen molar-refractivity contribution in [3.05, 3.63) is 0 Å². The van der Waals surface area contributed by atoms with Crippen molar-refractivity contribution in [2.45, 2.75) is 20.0 Å². The molecule has 1 aliphatic rings. The number of hydrogen-bond donors (Lipinski definition) is 1. The lowest BCUT2D eigenvalue weighted by molar-refractivity contribution is -0.164. The summed E-state index contributed by atoms with van der Waals surface area (Å²) < 4.78 is 4.77.